The summed E-state index contributed by atoms with van der Waals surface area (Å²) in [7, 11) is -3.65. The SMILES string of the molecule is CSc1nn2cccnc2c1S(=O)(=O)c1cccc(C)c1. The van der Waals surface area contributed by atoms with Crippen LogP contribution in [0, 0.1) is 6.92 Å². The van der Waals surface area contributed by atoms with Crippen molar-refractivity contribution in [2.75, 3.05) is 6.26 Å². The van der Waals surface area contributed by atoms with E-state index in [-0.39, 0.29) is 9.79 Å². The van der Waals surface area contributed by atoms with Crippen LogP contribution >= 0.6 is 11.8 Å². The van der Waals surface area contributed by atoms with E-state index in [4.69, 9.17) is 0 Å². The molecule has 3 rings (SSSR count). The summed E-state index contributed by atoms with van der Waals surface area (Å²) in [5.74, 6) is 0. The smallest absolute Gasteiger partial charge is 0.213 e. The average Bonchev–Trinajstić information content (AvgIpc) is 2.86. The second-order valence-electron chi connectivity index (χ2n) is 4.55. The van der Waals surface area contributed by atoms with Gasteiger partial charge in [0.25, 0.3) is 0 Å². The number of hydrogen-bond donors (Lipinski definition) is 0. The highest BCUT2D eigenvalue weighted by atomic mass is 32.2. The van der Waals surface area contributed by atoms with Crippen LogP contribution in [0.5, 0.6) is 0 Å². The van der Waals surface area contributed by atoms with Crippen molar-refractivity contribution in [1.29, 1.82) is 0 Å². The molecule has 0 N–H and O–H groups in total. The first-order chi connectivity index (χ1) is 10.0. The Hall–Kier alpha value is -1.86. The van der Waals surface area contributed by atoms with E-state index in [9.17, 15) is 8.42 Å². The molecular formula is C14H13N3O2S2. The topological polar surface area (TPSA) is 64.3 Å². The third-order valence-corrected chi connectivity index (χ3v) is 5.67. The molecule has 0 spiro atoms. The first-order valence-corrected chi connectivity index (χ1v) is 8.94. The van der Waals surface area contributed by atoms with Crippen molar-refractivity contribution < 1.29 is 8.42 Å². The standard InChI is InChI=1S/C14H13N3O2S2/c1-10-5-3-6-11(9-10)21(18,19)12-13-15-7-4-8-17(13)16-14(12)20-2/h3-9H,1-2H3. The maximum absolute atomic E-state index is 12.9. The Balaban J connectivity index is 2.33. The Morgan fingerprint density at radius 1 is 1.24 bits per heavy atom. The van der Waals surface area contributed by atoms with Crippen molar-refractivity contribution in [3.05, 3.63) is 48.3 Å². The molecule has 2 aromatic heterocycles. The first kappa shape index (κ1) is 14.1. The molecule has 2 heterocycles. The zero-order chi connectivity index (χ0) is 15.0. The molecule has 0 radical (unpaired) electrons. The molecule has 5 nitrogen and oxygen atoms in total. The maximum Gasteiger partial charge on any atom is 0.213 e. The van der Waals surface area contributed by atoms with Gasteiger partial charge in [-0.3, -0.25) is 0 Å². The molecule has 0 unspecified atom stereocenters. The Morgan fingerprint density at radius 2 is 2.05 bits per heavy atom. The van der Waals surface area contributed by atoms with E-state index in [0.717, 1.165) is 5.56 Å². The van der Waals surface area contributed by atoms with Crippen LogP contribution in [0.1, 0.15) is 5.56 Å². The highest BCUT2D eigenvalue weighted by molar-refractivity contribution is 7.99. The largest absolute Gasteiger partial charge is 0.236 e. The Labute approximate surface area is 126 Å². The van der Waals surface area contributed by atoms with Gasteiger partial charge in [-0.25, -0.2) is 17.9 Å². The zero-order valence-corrected chi connectivity index (χ0v) is 13.1. The van der Waals surface area contributed by atoms with Crippen LogP contribution in [0.15, 0.2) is 57.5 Å². The third-order valence-electron chi connectivity index (χ3n) is 3.08. The highest BCUT2D eigenvalue weighted by Crippen LogP contribution is 2.31. The third kappa shape index (κ3) is 2.32. The van der Waals surface area contributed by atoms with Crippen molar-refractivity contribution in [3.8, 4) is 0 Å². The fourth-order valence-corrected chi connectivity index (χ4v) is 4.63. The van der Waals surface area contributed by atoms with Gasteiger partial charge in [0.15, 0.2) is 10.5 Å². The molecule has 0 aliphatic heterocycles. The number of fused-ring (bicyclic) bond motifs is 1. The molecule has 1 aromatic carbocycles. The molecular weight excluding hydrogens is 306 g/mol. The molecule has 108 valence electrons. The number of nitrogens with zero attached hydrogens (tertiary/aromatic N) is 3. The molecule has 3 aromatic rings. The van der Waals surface area contributed by atoms with E-state index in [1.165, 1.54) is 16.3 Å². The van der Waals surface area contributed by atoms with Crippen LogP contribution in [-0.4, -0.2) is 29.3 Å². The molecule has 21 heavy (non-hydrogen) atoms. The van der Waals surface area contributed by atoms with Crippen molar-refractivity contribution >= 4 is 27.2 Å². The minimum Gasteiger partial charge on any atom is -0.236 e. The Kier molecular flexibility index (Phi) is 3.46. The summed E-state index contributed by atoms with van der Waals surface area (Å²) in [5, 5.41) is 4.74. The lowest BCUT2D eigenvalue weighted by Crippen LogP contribution is -2.04. The zero-order valence-electron chi connectivity index (χ0n) is 11.5. The van der Waals surface area contributed by atoms with Gasteiger partial charge in [0, 0.05) is 12.4 Å². The summed E-state index contributed by atoms with van der Waals surface area (Å²) in [5.41, 5.74) is 1.24. The van der Waals surface area contributed by atoms with E-state index >= 15 is 0 Å². The molecule has 0 bridgehead atoms. The fourth-order valence-electron chi connectivity index (χ4n) is 2.11. The lowest BCUT2D eigenvalue weighted by Gasteiger charge is -2.05. The predicted molar refractivity (Wildman–Crippen MR) is 81.4 cm³/mol. The van der Waals surface area contributed by atoms with Crippen LogP contribution in [0.4, 0.5) is 0 Å². The van der Waals surface area contributed by atoms with Crippen molar-refractivity contribution in [1.82, 2.24) is 14.6 Å². The number of aryl methyl sites for hydroxylation is 1. The van der Waals surface area contributed by atoms with Crippen molar-refractivity contribution in [2.24, 2.45) is 0 Å². The molecule has 0 aliphatic carbocycles. The quantitative estimate of drug-likeness (QED) is 0.694. The molecule has 0 saturated carbocycles. The van der Waals surface area contributed by atoms with Crippen molar-refractivity contribution in [2.45, 2.75) is 21.7 Å². The van der Waals surface area contributed by atoms with Crippen molar-refractivity contribution in [3.63, 3.8) is 0 Å². The monoisotopic (exact) mass is 319 g/mol. The van der Waals surface area contributed by atoms with Gasteiger partial charge in [0.2, 0.25) is 9.84 Å². The second-order valence-corrected chi connectivity index (χ2v) is 7.23. The molecule has 7 heteroatoms. The summed E-state index contributed by atoms with van der Waals surface area (Å²) >= 11 is 1.30. The Morgan fingerprint density at radius 3 is 2.76 bits per heavy atom. The normalized spacial score (nSPS) is 11.9. The number of rotatable bonds is 3. The molecule has 0 atom stereocenters. The maximum atomic E-state index is 12.9. The lowest BCUT2D eigenvalue weighted by atomic mass is 10.2. The predicted octanol–water partition coefficient (Wildman–Crippen LogP) is 2.59. The Bertz CT molecular complexity index is 917. The van der Waals surface area contributed by atoms with Crippen LogP contribution < -0.4 is 0 Å². The summed E-state index contributed by atoms with van der Waals surface area (Å²) < 4.78 is 27.4. The number of sulfone groups is 1. The average molecular weight is 319 g/mol. The summed E-state index contributed by atoms with van der Waals surface area (Å²) in [6.45, 7) is 1.86. The van der Waals surface area contributed by atoms with Crippen LogP contribution in [0.25, 0.3) is 5.65 Å². The molecule has 0 saturated heterocycles. The van der Waals surface area contributed by atoms with Gasteiger partial charge >= 0.3 is 0 Å². The number of hydrogen-bond acceptors (Lipinski definition) is 5. The summed E-state index contributed by atoms with van der Waals surface area (Å²) in [6.07, 6.45) is 5.06. The van der Waals surface area contributed by atoms with Crippen LogP contribution in [0.3, 0.4) is 0 Å². The fraction of sp³-hybridized carbons (Fsp3) is 0.143. The molecule has 0 fully saturated rings. The van der Waals surface area contributed by atoms with Crippen LogP contribution in [-0.2, 0) is 9.84 Å². The minimum absolute atomic E-state index is 0.168. The van der Waals surface area contributed by atoms with Gasteiger partial charge in [-0.05, 0) is 36.9 Å². The van der Waals surface area contributed by atoms with Gasteiger partial charge in [-0.15, -0.1) is 11.8 Å². The minimum atomic E-state index is -3.65. The van der Waals surface area contributed by atoms with E-state index in [1.807, 2.05) is 13.0 Å². The first-order valence-electron chi connectivity index (χ1n) is 6.23. The van der Waals surface area contributed by atoms with Gasteiger partial charge in [-0.1, -0.05) is 12.1 Å². The second kappa shape index (κ2) is 5.16. The van der Waals surface area contributed by atoms with Gasteiger partial charge in [0.1, 0.15) is 5.03 Å². The lowest BCUT2D eigenvalue weighted by molar-refractivity contribution is 0.594. The van der Waals surface area contributed by atoms with Crippen LogP contribution in [0.2, 0.25) is 0 Å². The number of aromatic nitrogens is 3. The molecule has 0 aliphatic rings. The van der Waals surface area contributed by atoms with E-state index in [2.05, 4.69) is 10.1 Å². The van der Waals surface area contributed by atoms with Gasteiger partial charge in [0.05, 0.1) is 4.90 Å². The van der Waals surface area contributed by atoms with E-state index in [0.29, 0.717) is 10.7 Å². The highest BCUT2D eigenvalue weighted by Gasteiger charge is 2.28. The molecule has 0 amide bonds. The van der Waals surface area contributed by atoms with Gasteiger partial charge < -0.3 is 0 Å². The van der Waals surface area contributed by atoms with E-state index < -0.39 is 9.84 Å². The summed E-state index contributed by atoms with van der Waals surface area (Å²) in [4.78, 5) is 4.60. The number of thioether (sulfide) groups is 1. The van der Waals surface area contributed by atoms with Gasteiger partial charge in [-0.2, -0.15) is 5.10 Å². The number of benzene rings is 1. The van der Waals surface area contributed by atoms with E-state index in [1.54, 1.807) is 42.9 Å². The summed E-state index contributed by atoms with van der Waals surface area (Å²) in [6, 6.07) is 8.57.